The van der Waals surface area contributed by atoms with Crippen LogP contribution >= 0.6 is 0 Å². The summed E-state index contributed by atoms with van der Waals surface area (Å²) in [5, 5.41) is 2.82. The van der Waals surface area contributed by atoms with Crippen molar-refractivity contribution in [1.82, 2.24) is 10.0 Å². The lowest BCUT2D eigenvalue weighted by Gasteiger charge is -2.27. The van der Waals surface area contributed by atoms with Crippen molar-refractivity contribution in [3.05, 3.63) is 0 Å². The highest BCUT2D eigenvalue weighted by Crippen LogP contribution is 2.24. The zero-order valence-electron chi connectivity index (χ0n) is 10.4. The molecular formula is C10H24N2O2S. The van der Waals surface area contributed by atoms with Crippen LogP contribution < -0.4 is 10.0 Å². The van der Waals surface area contributed by atoms with Crippen molar-refractivity contribution >= 4 is 10.0 Å². The molecule has 2 N–H and O–H groups in total. The normalized spacial score (nSPS) is 15.3. The maximum absolute atomic E-state index is 11.5. The molecule has 1 unspecified atom stereocenters. The Morgan fingerprint density at radius 3 is 2.20 bits per heavy atom. The van der Waals surface area contributed by atoms with Crippen LogP contribution in [0.2, 0.25) is 0 Å². The van der Waals surface area contributed by atoms with Gasteiger partial charge in [-0.05, 0) is 18.4 Å². The summed E-state index contributed by atoms with van der Waals surface area (Å²) in [5.41, 5.74) is 0.130. The van der Waals surface area contributed by atoms with Gasteiger partial charge in [0, 0.05) is 13.1 Å². The Balaban J connectivity index is 4.05. The lowest BCUT2D eigenvalue weighted by molar-refractivity contribution is 0.263. The van der Waals surface area contributed by atoms with Gasteiger partial charge in [0.25, 0.3) is 0 Å². The Morgan fingerprint density at radius 2 is 1.80 bits per heavy atom. The molecule has 0 saturated heterocycles. The number of hydrogen-bond acceptors (Lipinski definition) is 3. The minimum atomic E-state index is -3.11. The van der Waals surface area contributed by atoms with E-state index in [2.05, 4.69) is 37.7 Å². The molecule has 0 bridgehead atoms. The predicted molar refractivity (Wildman–Crippen MR) is 64.3 cm³/mol. The molecule has 0 aliphatic carbocycles. The van der Waals surface area contributed by atoms with Crippen LogP contribution in [0.15, 0.2) is 0 Å². The molecule has 1 atom stereocenters. The predicted octanol–water partition coefficient (Wildman–Crippen LogP) is 0.807. The Morgan fingerprint density at radius 1 is 1.27 bits per heavy atom. The molecule has 0 aromatic heterocycles. The van der Waals surface area contributed by atoms with Crippen molar-refractivity contribution in [2.75, 3.05) is 25.9 Å². The summed E-state index contributed by atoms with van der Waals surface area (Å²) in [6, 6.07) is 0. The van der Waals surface area contributed by atoms with Crippen LogP contribution in [0.1, 0.15) is 27.7 Å². The van der Waals surface area contributed by atoms with Gasteiger partial charge >= 0.3 is 0 Å². The van der Waals surface area contributed by atoms with Gasteiger partial charge < -0.3 is 5.32 Å². The lowest BCUT2D eigenvalue weighted by Crippen LogP contribution is -2.36. The van der Waals surface area contributed by atoms with Crippen molar-refractivity contribution < 1.29 is 8.42 Å². The third-order valence-electron chi connectivity index (χ3n) is 2.71. The molecule has 92 valence electrons. The minimum Gasteiger partial charge on any atom is -0.319 e. The molecule has 0 rings (SSSR count). The molecule has 15 heavy (non-hydrogen) atoms. The van der Waals surface area contributed by atoms with Crippen molar-refractivity contribution in [3.63, 3.8) is 0 Å². The lowest BCUT2D eigenvalue weighted by atomic mass is 9.82. The maximum Gasteiger partial charge on any atom is 0.212 e. The number of nitrogens with one attached hydrogen (secondary N) is 2. The van der Waals surface area contributed by atoms with E-state index in [-0.39, 0.29) is 11.2 Å². The molecule has 0 radical (unpaired) electrons. The highest BCUT2D eigenvalue weighted by Gasteiger charge is 2.21. The van der Waals surface area contributed by atoms with E-state index in [0.717, 1.165) is 0 Å². The van der Waals surface area contributed by atoms with Crippen molar-refractivity contribution in [1.29, 1.82) is 0 Å². The molecular weight excluding hydrogens is 212 g/mol. The van der Waals surface area contributed by atoms with Crippen LogP contribution in [0.5, 0.6) is 0 Å². The summed E-state index contributed by atoms with van der Waals surface area (Å²) in [5.74, 6) is 0.460. The van der Waals surface area contributed by atoms with Gasteiger partial charge in [0.1, 0.15) is 0 Å². The van der Waals surface area contributed by atoms with E-state index in [4.69, 9.17) is 0 Å². The second-order valence-electron chi connectivity index (χ2n) is 5.04. The first kappa shape index (κ1) is 14.9. The summed E-state index contributed by atoms with van der Waals surface area (Å²) in [6.45, 7) is 9.38. The van der Waals surface area contributed by atoms with E-state index in [1.54, 1.807) is 7.05 Å². The van der Waals surface area contributed by atoms with Gasteiger partial charge in [-0.25, -0.2) is 13.1 Å². The fourth-order valence-corrected chi connectivity index (χ4v) is 1.99. The average molecular weight is 236 g/mol. The third kappa shape index (κ3) is 6.87. The zero-order valence-corrected chi connectivity index (χ0v) is 11.2. The first-order valence-electron chi connectivity index (χ1n) is 5.31. The second kappa shape index (κ2) is 5.82. The Kier molecular flexibility index (Phi) is 5.77. The summed E-state index contributed by atoms with van der Waals surface area (Å²) >= 11 is 0. The van der Waals surface area contributed by atoms with Crippen LogP contribution in [-0.2, 0) is 10.0 Å². The SMILES string of the molecule is CNCCS(=O)(=O)NCC(C)C(C)(C)C. The molecule has 0 amide bonds. The van der Waals surface area contributed by atoms with Crippen LogP contribution in [-0.4, -0.2) is 34.3 Å². The van der Waals surface area contributed by atoms with Crippen LogP contribution in [0, 0.1) is 11.3 Å². The first-order chi connectivity index (χ1) is 6.69. The Labute approximate surface area is 93.9 Å². The van der Waals surface area contributed by atoms with E-state index in [1.165, 1.54) is 0 Å². The van der Waals surface area contributed by atoms with E-state index >= 15 is 0 Å². The molecule has 0 aromatic carbocycles. The van der Waals surface area contributed by atoms with Crippen molar-refractivity contribution in [3.8, 4) is 0 Å². The van der Waals surface area contributed by atoms with Crippen LogP contribution in [0.3, 0.4) is 0 Å². The molecule has 0 aliphatic heterocycles. The molecule has 0 saturated carbocycles. The molecule has 0 heterocycles. The number of sulfonamides is 1. The van der Waals surface area contributed by atoms with Gasteiger partial charge in [-0.3, -0.25) is 0 Å². The maximum atomic E-state index is 11.5. The fraction of sp³-hybridized carbons (Fsp3) is 1.00. The van der Waals surface area contributed by atoms with Crippen LogP contribution in [0.25, 0.3) is 0 Å². The van der Waals surface area contributed by atoms with Crippen molar-refractivity contribution in [2.24, 2.45) is 11.3 Å². The first-order valence-corrected chi connectivity index (χ1v) is 6.96. The summed E-state index contributed by atoms with van der Waals surface area (Å²) < 4.78 is 25.6. The number of hydrogen-bond donors (Lipinski definition) is 2. The largest absolute Gasteiger partial charge is 0.319 e. The second-order valence-corrected chi connectivity index (χ2v) is 6.96. The summed E-state index contributed by atoms with van der Waals surface area (Å²) in [7, 11) is -1.37. The van der Waals surface area contributed by atoms with E-state index in [1.807, 2.05) is 0 Å². The van der Waals surface area contributed by atoms with E-state index < -0.39 is 10.0 Å². The molecule has 0 aromatic rings. The monoisotopic (exact) mass is 236 g/mol. The molecule has 0 fully saturated rings. The molecule has 5 heteroatoms. The van der Waals surface area contributed by atoms with Gasteiger partial charge in [-0.2, -0.15) is 0 Å². The third-order valence-corrected chi connectivity index (χ3v) is 4.06. The van der Waals surface area contributed by atoms with Gasteiger partial charge in [0.2, 0.25) is 10.0 Å². The summed E-state index contributed by atoms with van der Waals surface area (Å²) in [6.07, 6.45) is 0. The Hall–Kier alpha value is -0.130. The van der Waals surface area contributed by atoms with Gasteiger partial charge in [-0.15, -0.1) is 0 Å². The van der Waals surface area contributed by atoms with Gasteiger partial charge in [0.15, 0.2) is 0 Å². The quantitative estimate of drug-likeness (QED) is 0.717. The molecule has 4 nitrogen and oxygen atoms in total. The summed E-state index contributed by atoms with van der Waals surface area (Å²) in [4.78, 5) is 0. The standard InChI is InChI=1S/C10H24N2O2S/c1-9(10(2,3)4)8-12-15(13,14)7-6-11-5/h9,11-12H,6-8H2,1-5H3. The Bertz CT molecular complexity index is 268. The fourth-order valence-electron chi connectivity index (χ4n) is 0.867. The van der Waals surface area contributed by atoms with Gasteiger partial charge in [-0.1, -0.05) is 27.7 Å². The van der Waals surface area contributed by atoms with Crippen molar-refractivity contribution in [2.45, 2.75) is 27.7 Å². The molecule has 0 aliphatic rings. The van der Waals surface area contributed by atoms with Gasteiger partial charge in [0.05, 0.1) is 5.75 Å². The van der Waals surface area contributed by atoms with Crippen LogP contribution in [0.4, 0.5) is 0 Å². The topological polar surface area (TPSA) is 58.2 Å². The zero-order chi connectivity index (χ0) is 12.1. The average Bonchev–Trinajstić information content (AvgIpc) is 2.09. The smallest absolute Gasteiger partial charge is 0.212 e. The van der Waals surface area contributed by atoms with E-state index in [0.29, 0.717) is 19.0 Å². The highest BCUT2D eigenvalue weighted by molar-refractivity contribution is 7.89. The van der Waals surface area contributed by atoms with E-state index in [9.17, 15) is 8.42 Å². The molecule has 0 spiro atoms. The number of rotatable bonds is 6. The minimum absolute atomic E-state index is 0.130. The highest BCUT2D eigenvalue weighted by atomic mass is 32.2.